The molecule has 0 spiro atoms. The van der Waals surface area contributed by atoms with Crippen LogP contribution in [0.15, 0.2) is 11.6 Å². The lowest BCUT2D eigenvalue weighted by Gasteiger charge is -2.06. The standard InChI is InChI=1S/C10H20O/c1-9(2)6-7-10(3)5-4-8-11/h6,10-11H,4-5,7-8H2,1-3H3. The first kappa shape index (κ1) is 10.7. The molecule has 0 aliphatic carbocycles. The molecule has 0 radical (unpaired) electrons. The van der Waals surface area contributed by atoms with Gasteiger partial charge in [-0.1, -0.05) is 18.6 Å². The third kappa shape index (κ3) is 7.60. The highest BCUT2D eigenvalue weighted by molar-refractivity contribution is 4.93. The van der Waals surface area contributed by atoms with E-state index in [-0.39, 0.29) is 0 Å². The molecule has 0 aromatic carbocycles. The number of allylic oxidation sites excluding steroid dienone is 2. The average molecular weight is 156 g/mol. The molecule has 0 aliphatic heterocycles. The molecule has 0 aliphatic rings. The van der Waals surface area contributed by atoms with Crippen LogP contribution >= 0.6 is 0 Å². The fourth-order valence-electron chi connectivity index (χ4n) is 0.994. The van der Waals surface area contributed by atoms with Gasteiger partial charge in [0.2, 0.25) is 0 Å². The lowest BCUT2D eigenvalue weighted by molar-refractivity contribution is 0.274. The minimum atomic E-state index is 0.333. The lowest BCUT2D eigenvalue weighted by atomic mass is 10.0. The summed E-state index contributed by atoms with van der Waals surface area (Å²) in [5.41, 5.74) is 1.39. The highest BCUT2D eigenvalue weighted by Crippen LogP contribution is 2.11. The van der Waals surface area contributed by atoms with Crippen molar-refractivity contribution in [1.82, 2.24) is 0 Å². The Labute approximate surface area is 70.1 Å². The molecule has 1 nitrogen and oxygen atoms in total. The first-order valence-corrected chi connectivity index (χ1v) is 4.41. The predicted molar refractivity (Wildman–Crippen MR) is 49.5 cm³/mol. The van der Waals surface area contributed by atoms with Crippen molar-refractivity contribution in [3.63, 3.8) is 0 Å². The zero-order valence-electron chi connectivity index (χ0n) is 7.93. The molecule has 0 bridgehead atoms. The molecule has 1 unspecified atom stereocenters. The highest BCUT2D eigenvalue weighted by atomic mass is 16.2. The third-order valence-corrected chi connectivity index (χ3v) is 1.78. The van der Waals surface area contributed by atoms with E-state index in [1.54, 1.807) is 0 Å². The van der Waals surface area contributed by atoms with Crippen LogP contribution < -0.4 is 0 Å². The van der Waals surface area contributed by atoms with E-state index in [9.17, 15) is 0 Å². The summed E-state index contributed by atoms with van der Waals surface area (Å²) in [6, 6.07) is 0. The van der Waals surface area contributed by atoms with Crippen molar-refractivity contribution >= 4 is 0 Å². The van der Waals surface area contributed by atoms with Gasteiger partial charge in [-0.05, 0) is 39.0 Å². The van der Waals surface area contributed by atoms with Crippen molar-refractivity contribution in [1.29, 1.82) is 0 Å². The van der Waals surface area contributed by atoms with Crippen molar-refractivity contribution in [2.24, 2.45) is 5.92 Å². The number of rotatable bonds is 5. The van der Waals surface area contributed by atoms with Gasteiger partial charge in [-0.2, -0.15) is 0 Å². The molecule has 11 heavy (non-hydrogen) atoms. The second kappa shape index (κ2) is 6.41. The van der Waals surface area contributed by atoms with Crippen LogP contribution in [0.5, 0.6) is 0 Å². The summed E-state index contributed by atoms with van der Waals surface area (Å²) < 4.78 is 0. The van der Waals surface area contributed by atoms with Crippen LogP contribution in [0.3, 0.4) is 0 Å². The molecule has 0 rings (SSSR count). The Morgan fingerprint density at radius 3 is 2.55 bits per heavy atom. The molecule has 0 saturated heterocycles. The van der Waals surface area contributed by atoms with Gasteiger partial charge in [-0.25, -0.2) is 0 Å². The molecule has 1 N–H and O–H groups in total. The average Bonchev–Trinajstić information content (AvgIpc) is 1.97. The van der Waals surface area contributed by atoms with Gasteiger partial charge in [-0.15, -0.1) is 0 Å². The van der Waals surface area contributed by atoms with Crippen molar-refractivity contribution in [3.05, 3.63) is 11.6 Å². The zero-order valence-corrected chi connectivity index (χ0v) is 7.93. The third-order valence-electron chi connectivity index (χ3n) is 1.78. The fourth-order valence-corrected chi connectivity index (χ4v) is 0.994. The van der Waals surface area contributed by atoms with Crippen LogP contribution in [0.2, 0.25) is 0 Å². The van der Waals surface area contributed by atoms with Crippen LogP contribution in [-0.4, -0.2) is 11.7 Å². The van der Waals surface area contributed by atoms with Crippen LogP contribution in [0, 0.1) is 5.92 Å². The zero-order chi connectivity index (χ0) is 8.69. The fraction of sp³-hybridized carbons (Fsp3) is 0.800. The van der Waals surface area contributed by atoms with Crippen molar-refractivity contribution in [2.75, 3.05) is 6.61 Å². The second-order valence-corrected chi connectivity index (χ2v) is 3.49. The summed E-state index contributed by atoms with van der Waals surface area (Å²) in [5, 5.41) is 8.58. The van der Waals surface area contributed by atoms with Crippen LogP contribution in [0.1, 0.15) is 40.0 Å². The predicted octanol–water partition coefficient (Wildman–Crippen LogP) is 2.75. The molecule has 1 heteroatoms. The van der Waals surface area contributed by atoms with Crippen molar-refractivity contribution in [3.8, 4) is 0 Å². The second-order valence-electron chi connectivity index (χ2n) is 3.49. The molecular weight excluding hydrogens is 136 g/mol. The molecule has 0 saturated carbocycles. The van der Waals surface area contributed by atoms with Gasteiger partial charge in [-0.3, -0.25) is 0 Å². The van der Waals surface area contributed by atoms with E-state index in [0.29, 0.717) is 6.61 Å². The largest absolute Gasteiger partial charge is 0.396 e. The Morgan fingerprint density at radius 2 is 2.09 bits per heavy atom. The smallest absolute Gasteiger partial charge is 0.0431 e. The lowest BCUT2D eigenvalue weighted by Crippen LogP contribution is -1.94. The van der Waals surface area contributed by atoms with Gasteiger partial charge in [0.25, 0.3) is 0 Å². The van der Waals surface area contributed by atoms with Crippen LogP contribution in [0.25, 0.3) is 0 Å². The summed E-state index contributed by atoms with van der Waals surface area (Å²) in [6.45, 7) is 6.81. The molecule has 0 aromatic heterocycles. The quantitative estimate of drug-likeness (QED) is 0.607. The normalized spacial score (nSPS) is 12.7. The van der Waals surface area contributed by atoms with E-state index in [1.807, 2.05) is 0 Å². The maximum absolute atomic E-state index is 8.58. The Kier molecular flexibility index (Phi) is 6.24. The molecule has 66 valence electrons. The highest BCUT2D eigenvalue weighted by Gasteiger charge is 1.98. The monoisotopic (exact) mass is 156 g/mol. The molecule has 0 aromatic rings. The van der Waals surface area contributed by atoms with E-state index in [4.69, 9.17) is 5.11 Å². The first-order valence-electron chi connectivity index (χ1n) is 4.41. The van der Waals surface area contributed by atoms with Crippen LogP contribution in [-0.2, 0) is 0 Å². The van der Waals surface area contributed by atoms with Crippen molar-refractivity contribution < 1.29 is 5.11 Å². The Hall–Kier alpha value is -0.300. The number of aliphatic hydroxyl groups excluding tert-OH is 1. The van der Waals surface area contributed by atoms with Gasteiger partial charge < -0.3 is 5.11 Å². The van der Waals surface area contributed by atoms with Crippen molar-refractivity contribution in [2.45, 2.75) is 40.0 Å². The van der Waals surface area contributed by atoms with Gasteiger partial charge in [0.1, 0.15) is 0 Å². The molecule has 0 fully saturated rings. The van der Waals surface area contributed by atoms with E-state index >= 15 is 0 Å². The van der Waals surface area contributed by atoms with E-state index in [1.165, 1.54) is 5.57 Å². The SMILES string of the molecule is CC(C)=CCC(C)CCCO. The molecule has 1 atom stereocenters. The van der Waals surface area contributed by atoms with E-state index < -0.39 is 0 Å². The topological polar surface area (TPSA) is 20.2 Å². The number of hydrogen-bond donors (Lipinski definition) is 1. The molecule has 0 heterocycles. The summed E-state index contributed by atoms with van der Waals surface area (Å²) in [6.07, 6.45) is 5.50. The minimum Gasteiger partial charge on any atom is -0.396 e. The van der Waals surface area contributed by atoms with Gasteiger partial charge in [0.15, 0.2) is 0 Å². The summed E-state index contributed by atoms with van der Waals surface area (Å²) in [4.78, 5) is 0. The van der Waals surface area contributed by atoms with Gasteiger partial charge in [0.05, 0.1) is 0 Å². The molecular formula is C10H20O. The molecule has 0 amide bonds. The number of aliphatic hydroxyl groups is 1. The van der Waals surface area contributed by atoms with E-state index in [0.717, 1.165) is 25.2 Å². The maximum atomic E-state index is 8.58. The first-order chi connectivity index (χ1) is 5.16. The van der Waals surface area contributed by atoms with Gasteiger partial charge in [0, 0.05) is 6.61 Å². The van der Waals surface area contributed by atoms with Gasteiger partial charge >= 0.3 is 0 Å². The van der Waals surface area contributed by atoms with Crippen LogP contribution in [0.4, 0.5) is 0 Å². The Bertz CT molecular complexity index is 112. The van der Waals surface area contributed by atoms with E-state index in [2.05, 4.69) is 26.8 Å². The Morgan fingerprint density at radius 1 is 1.45 bits per heavy atom. The summed E-state index contributed by atoms with van der Waals surface area (Å²) in [5.74, 6) is 0.719. The Balaban J connectivity index is 3.36. The number of hydrogen-bond acceptors (Lipinski definition) is 1. The minimum absolute atomic E-state index is 0.333. The summed E-state index contributed by atoms with van der Waals surface area (Å²) in [7, 11) is 0. The summed E-state index contributed by atoms with van der Waals surface area (Å²) >= 11 is 0. The maximum Gasteiger partial charge on any atom is 0.0431 e.